The Kier molecular flexibility index (Phi) is 5.09. The fourth-order valence-corrected chi connectivity index (χ4v) is 1.90. The van der Waals surface area contributed by atoms with E-state index in [9.17, 15) is 0 Å². The van der Waals surface area contributed by atoms with Gasteiger partial charge in [-0.3, -0.25) is 0 Å². The van der Waals surface area contributed by atoms with Crippen molar-refractivity contribution in [2.75, 3.05) is 14.2 Å². The topological polar surface area (TPSA) is 18.5 Å². The lowest BCUT2D eigenvalue weighted by Gasteiger charge is -2.19. The van der Waals surface area contributed by atoms with Gasteiger partial charge in [-0.1, -0.05) is 36.7 Å². The number of ether oxygens (including phenoxy) is 2. The van der Waals surface area contributed by atoms with Crippen molar-refractivity contribution in [3.63, 3.8) is 0 Å². The van der Waals surface area contributed by atoms with Crippen molar-refractivity contribution in [1.82, 2.24) is 0 Å². The summed E-state index contributed by atoms with van der Waals surface area (Å²) in [6.45, 7) is 2.12. The lowest BCUT2D eigenvalue weighted by molar-refractivity contribution is -0.108. The third-order valence-corrected chi connectivity index (χ3v) is 2.85. The van der Waals surface area contributed by atoms with Gasteiger partial charge in [0.1, 0.15) is 0 Å². The van der Waals surface area contributed by atoms with Gasteiger partial charge in [0.25, 0.3) is 0 Å². The molecule has 0 amide bonds. The molecule has 0 bridgehead atoms. The quantitative estimate of drug-likeness (QED) is 0.719. The molecule has 2 nitrogen and oxygen atoms in total. The number of hydrogen-bond acceptors (Lipinski definition) is 2. The number of halogens is 1. The molecule has 0 aliphatic rings. The summed E-state index contributed by atoms with van der Waals surface area (Å²) in [7, 11) is 3.29. The molecule has 0 fully saturated rings. The first-order valence-corrected chi connectivity index (χ1v) is 5.36. The van der Waals surface area contributed by atoms with Gasteiger partial charge in [-0.05, 0) is 17.5 Å². The number of rotatable bonds is 5. The van der Waals surface area contributed by atoms with E-state index in [4.69, 9.17) is 21.1 Å². The minimum atomic E-state index is -0.170. The molecule has 0 radical (unpaired) electrons. The maximum Gasteiger partial charge on any atom is 0.157 e. The smallest absolute Gasteiger partial charge is 0.157 e. The van der Waals surface area contributed by atoms with Crippen LogP contribution in [0.3, 0.4) is 0 Å². The van der Waals surface area contributed by atoms with Crippen molar-refractivity contribution in [2.24, 2.45) is 0 Å². The Balaban J connectivity index is 2.68. The van der Waals surface area contributed by atoms with Gasteiger partial charge >= 0.3 is 0 Å². The van der Waals surface area contributed by atoms with Gasteiger partial charge in [-0.2, -0.15) is 0 Å². The predicted molar refractivity (Wildman–Crippen MR) is 62.3 cm³/mol. The van der Waals surface area contributed by atoms with E-state index in [1.54, 1.807) is 14.2 Å². The number of hydrogen-bond donors (Lipinski definition) is 0. The summed E-state index contributed by atoms with van der Waals surface area (Å²) < 4.78 is 10.3. The first-order chi connectivity index (χ1) is 7.19. The molecule has 0 spiro atoms. The molecule has 3 heteroatoms. The van der Waals surface area contributed by atoms with Crippen molar-refractivity contribution < 1.29 is 9.47 Å². The number of methoxy groups -OCH3 is 2. The molecule has 0 saturated heterocycles. The molecular weight excluding hydrogens is 212 g/mol. The van der Waals surface area contributed by atoms with Crippen LogP contribution in [0.5, 0.6) is 0 Å². The fraction of sp³-hybridized carbons (Fsp3) is 0.500. The van der Waals surface area contributed by atoms with Crippen LogP contribution in [0.2, 0.25) is 5.02 Å². The van der Waals surface area contributed by atoms with Crippen molar-refractivity contribution in [3.05, 3.63) is 34.9 Å². The van der Waals surface area contributed by atoms with E-state index >= 15 is 0 Å². The average molecular weight is 229 g/mol. The second-order valence-electron chi connectivity index (χ2n) is 3.56. The predicted octanol–water partition coefficient (Wildman–Crippen LogP) is 3.45. The zero-order valence-corrected chi connectivity index (χ0v) is 10.1. The summed E-state index contributed by atoms with van der Waals surface area (Å²) in [6, 6.07) is 7.87. The summed E-state index contributed by atoms with van der Waals surface area (Å²) in [5.74, 6) is 0.323. The van der Waals surface area contributed by atoms with Crippen LogP contribution >= 0.6 is 11.6 Å². The molecule has 15 heavy (non-hydrogen) atoms. The molecule has 0 saturated carbocycles. The van der Waals surface area contributed by atoms with E-state index in [2.05, 4.69) is 6.92 Å². The van der Waals surface area contributed by atoms with Crippen LogP contribution in [0.4, 0.5) is 0 Å². The van der Waals surface area contributed by atoms with Crippen molar-refractivity contribution in [2.45, 2.75) is 25.6 Å². The van der Waals surface area contributed by atoms with E-state index in [1.165, 1.54) is 0 Å². The van der Waals surface area contributed by atoms with Crippen LogP contribution in [0.25, 0.3) is 0 Å². The van der Waals surface area contributed by atoms with Gasteiger partial charge in [0.15, 0.2) is 6.29 Å². The van der Waals surface area contributed by atoms with Gasteiger partial charge in [0.2, 0.25) is 0 Å². The van der Waals surface area contributed by atoms with E-state index in [0.717, 1.165) is 17.0 Å². The Morgan fingerprint density at radius 1 is 1.20 bits per heavy atom. The molecular formula is C12H17ClO2. The van der Waals surface area contributed by atoms with Crippen LogP contribution in [0.15, 0.2) is 24.3 Å². The molecule has 1 atom stereocenters. The van der Waals surface area contributed by atoms with Crippen LogP contribution < -0.4 is 0 Å². The standard InChI is InChI=1S/C12H17ClO2/c1-9(8-12(14-2)15-3)10-6-4-5-7-11(10)13/h4-7,9,12H,8H2,1-3H3. The Morgan fingerprint density at radius 2 is 1.80 bits per heavy atom. The minimum Gasteiger partial charge on any atom is -0.356 e. The van der Waals surface area contributed by atoms with Crippen molar-refractivity contribution in [1.29, 1.82) is 0 Å². The van der Waals surface area contributed by atoms with Crippen molar-refractivity contribution >= 4 is 11.6 Å². The van der Waals surface area contributed by atoms with Gasteiger partial charge in [-0.25, -0.2) is 0 Å². The van der Waals surface area contributed by atoms with Gasteiger partial charge < -0.3 is 9.47 Å². The molecule has 84 valence electrons. The van der Waals surface area contributed by atoms with Crippen LogP contribution in [-0.2, 0) is 9.47 Å². The Hall–Kier alpha value is -0.570. The van der Waals surface area contributed by atoms with Gasteiger partial charge in [0, 0.05) is 25.7 Å². The minimum absolute atomic E-state index is 0.170. The Morgan fingerprint density at radius 3 is 2.33 bits per heavy atom. The highest BCUT2D eigenvalue weighted by Gasteiger charge is 2.15. The van der Waals surface area contributed by atoms with Crippen LogP contribution in [0, 0.1) is 0 Å². The second-order valence-corrected chi connectivity index (χ2v) is 3.97. The van der Waals surface area contributed by atoms with Crippen molar-refractivity contribution in [3.8, 4) is 0 Å². The largest absolute Gasteiger partial charge is 0.356 e. The highest BCUT2D eigenvalue weighted by Crippen LogP contribution is 2.27. The summed E-state index contributed by atoms with van der Waals surface area (Å²) in [4.78, 5) is 0. The third-order valence-electron chi connectivity index (χ3n) is 2.51. The summed E-state index contributed by atoms with van der Waals surface area (Å²) in [5, 5.41) is 0.802. The maximum absolute atomic E-state index is 6.11. The average Bonchev–Trinajstić information content (AvgIpc) is 2.26. The molecule has 0 heterocycles. The molecule has 1 unspecified atom stereocenters. The van der Waals surface area contributed by atoms with E-state index in [-0.39, 0.29) is 6.29 Å². The van der Waals surface area contributed by atoms with Gasteiger partial charge in [0.05, 0.1) is 0 Å². The molecule has 0 aliphatic carbocycles. The second kappa shape index (κ2) is 6.11. The Labute approximate surface area is 96.2 Å². The lowest BCUT2D eigenvalue weighted by atomic mass is 9.97. The molecule has 0 N–H and O–H groups in total. The first kappa shape index (κ1) is 12.5. The highest BCUT2D eigenvalue weighted by atomic mass is 35.5. The molecule has 0 aromatic heterocycles. The van der Waals surface area contributed by atoms with E-state index in [1.807, 2.05) is 24.3 Å². The monoisotopic (exact) mass is 228 g/mol. The summed E-state index contributed by atoms with van der Waals surface area (Å²) in [6.07, 6.45) is 0.632. The summed E-state index contributed by atoms with van der Waals surface area (Å²) in [5.41, 5.74) is 1.14. The first-order valence-electron chi connectivity index (χ1n) is 4.99. The fourth-order valence-electron chi connectivity index (χ4n) is 1.58. The maximum atomic E-state index is 6.11. The normalized spacial score (nSPS) is 13.1. The zero-order valence-electron chi connectivity index (χ0n) is 9.37. The molecule has 1 aromatic rings. The van der Waals surface area contributed by atoms with Crippen LogP contribution in [0.1, 0.15) is 24.8 Å². The lowest BCUT2D eigenvalue weighted by Crippen LogP contribution is -2.16. The highest BCUT2D eigenvalue weighted by molar-refractivity contribution is 6.31. The van der Waals surface area contributed by atoms with Crippen LogP contribution in [-0.4, -0.2) is 20.5 Å². The van der Waals surface area contributed by atoms with E-state index < -0.39 is 0 Å². The molecule has 0 aliphatic heterocycles. The number of benzene rings is 1. The molecule has 1 rings (SSSR count). The molecule has 1 aromatic carbocycles. The summed E-state index contributed by atoms with van der Waals surface area (Å²) >= 11 is 6.11. The zero-order chi connectivity index (χ0) is 11.3. The van der Waals surface area contributed by atoms with Gasteiger partial charge in [-0.15, -0.1) is 0 Å². The Bertz CT molecular complexity index is 297. The van der Waals surface area contributed by atoms with E-state index in [0.29, 0.717) is 5.92 Å². The SMILES string of the molecule is COC(CC(C)c1ccccc1Cl)OC. The third kappa shape index (κ3) is 3.49.